The third-order valence-corrected chi connectivity index (χ3v) is 4.63. The van der Waals surface area contributed by atoms with Crippen molar-refractivity contribution >= 4 is 22.8 Å². The zero-order valence-electron chi connectivity index (χ0n) is 15.3. The molecule has 0 bridgehead atoms. The van der Waals surface area contributed by atoms with E-state index in [1.54, 1.807) is 20.2 Å². The largest absolute Gasteiger partial charge is 0.478 e. The van der Waals surface area contributed by atoms with Gasteiger partial charge in [-0.1, -0.05) is 0 Å². The molecule has 6 nitrogen and oxygen atoms in total. The standard InChI is InChI=1S/C20H21NO5/c1-11-5-17-14(10-25-18(17)6-12(11)2)7-19(22)21(4)9-15-8-16(20(23)24)13(3)26-15/h5-6,8,10H,7,9H2,1-4H3,(H,23,24). The molecule has 0 aliphatic carbocycles. The maximum atomic E-state index is 12.6. The summed E-state index contributed by atoms with van der Waals surface area (Å²) >= 11 is 0. The summed E-state index contributed by atoms with van der Waals surface area (Å²) in [4.78, 5) is 25.2. The second-order valence-electron chi connectivity index (χ2n) is 6.61. The molecule has 0 atom stereocenters. The molecule has 3 rings (SSSR count). The summed E-state index contributed by atoms with van der Waals surface area (Å²) in [5, 5.41) is 10.0. The van der Waals surface area contributed by atoms with Crippen LogP contribution < -0.4 is 0 Å². The van der Waals surface area contributed by atoms with Gasteiger partial charge in [-0.15, -0.1) is 0 Å². The molecule has 26 heavy (non-hydrogen) atoms. The van der Waals surface area contributed by atoms with E-state index in [0.717, 1.165) is 27.7 Å². The van der Waals surface area contributed by atoms with Crippen molar-refractivity contribution in [2.45, 2.75) is 33.7 Å². The Morgan fingerprint density at radius 3 is 2.46 bits per heavy atom. The van der Waals surface area contributed by atoms with Crippen molar-refractivity contribution in [1.82, 2.24) is 4.90 Å². The smallest absolute Gasteiger partial charge is 0.339 e. The Bertz CT molecular complexity index is 995. The van der Waals surface area contributed by atoms with Crippen molar-refractivity contribution in [3.63, 3.8) is 0 Å². The highest BCUT2D eigenvalue weighted by Crippen LogP contribution is 2.25. The fraction of sp³-hybridized carbons (Fsp3) is 0.300. The van der Waals surface area contributed by atoms with Crippen LogP contribution in [0.3, 0.4) is 0 Å². The van der Waals surface area contributed by atoms with Gasteiger partial charge in [0.25, 0.3) is 0 Å². The van der Waals surface area contributed by atoms with Gasteiger partial charge in [-0.3, -0.25) is 4.79 Å². The third kappa shape index (κ3) is 3.35. The molecule has 2 aromatic heterocycles. The van der Waals surface area contributed by atoms with Crippen molar-refractivity contribution in [3.8, 4) is 0 Å². The average molecular weight is 355 g/mol. The van der Waals surface area contributed by atoms with Gasteiger partial charge in [0.05, 0.1) is 19.2 Å². The Morgan fingerprint density at radius 2 is 1.81 bits per heavy atom. The minimum absolute atomic E-state index is 0.100. The highest BCUT2D eigenvalue weighted by atomic mass is 16.4. The zero-order valence-corrected chi connectivity index (χ0v) is 15.3. The SMILES string of the molecule is Cc1cc2occ(CC(=O)N(C)Cc3cc(C(=O)O)c(C)o3)c2cc1C. The molecule has 0 aliphatic rings. The van der Waals surface area contributed by atoms with Gasteiger partial charge in [-0.2, -0.15) is 0 Å². The fourth-order valence-electron chi connectivity index (χ4n) is 2.93. The molecule has 2 heterocycles. The van der Waals surface area contributed by atoms with Crippen LogP contribution in [0.5, 0.6) is 0 Å². The van der Waals surface area contributed by atoms with E-state index in [2.05, 4.69) is 0 Å². The monoisotopic (exact) mass is 355 g/mol. The number of amides is 1. The van der Waals surface area contributed by atoms with E-state index in [-0.39, 0.29) is 24.4 Å². The van der Waals surface area contributed by atoms with Crippen molar-refractivity contribution in [2.24, 2.45) is 0 Å². The quantitative estimate of drug-likeness (QED) is 0.751. The number of aryl methyl sites for hydroxylation is 3. The Labute approximate surface area is 151 Å². The van der Waals surface area contributed by atoms with Crippen molar-refractivity contribution < 1.29 is 23.5 Å². The van der Waals surface area contributed by atoms with Crippen LogP contribution in [0.2, 0.25) is 0 Å². The molecular weight excluding hydrogens is 334 g/mol. The normalized spacial score (nSPS) is 11.1. The summed E-state index contributed by atoms with van der Waals surface area (Å²) in [6.07, 6.45) is 1.83. The number of furan rings is 2. The number of hydrogen-bond acceptors (Lipinski definition) is 4. The van der Waals surface area contributed by atoms with Gasteiger partial charge in [0, 0.05) is 18.0 Å². The molecule has 0 aliphatic heterocycles. The lowest BCUT2D eigenvalue weighted by molar-refractivity contribution is -0.129. The Balaban J connectivity index is 1.74. The first-order valence-electron chi connectivity index (χ1n) is 8.30. The topological polar surface area (TPSA) is 83.9 Å². The number of carbonyl (C=O) groups excluding carboxylic acids is 1. The number of carboxylic acids is 1. The molecule has 6 heteroatoms. The van der Waals surface area contributed by atoms with Gasteiger partial charge < -0.3 is 18.8 Å². The first-order chi connectivity index (χ1) is 12.3. The van der Waals surface area contributed by atoms with E-state index in [4.69, 9.17) is 13.9 Å². The number of carbonyl (C=O) groups is 2. The fourth-order valence-corrected chi connectivity index (χ4v) is 2.93. The lowest BCUT2D eigenvalue weighted by Gasteiger charge is -2.15. The van der Waals surface area contributed by atoms with Crippen molar-refractivity contribution in [2.75, 3.05) is 7.05 Å². The molecule has 1 aromatic carbocycles. The summed E-state index contributed by atoms with van der Waals surface area (Å²) in [6, 6.07) is 5.47. The molecule has 1 N–H and O–H groups in total. The Kier molecular flexibility index (Phi) is 4.59. The summed E-state index contributed by atoms with van der Waals surface area (Å²) < 4.78 is 11.0. The van der Waals surface area contributed by atoms with Crippen LogP contribution in [-0.4, -0.2) is 28.9 Å². The Morgan fingerprint density at radius 1 is 1.12 bits per heavy atom. The minimum Gasteiger partial charge on any atom is -0.478 e. The van der Waals surface area contributed by atoms with Gasteiger partial charge in [0.2, 0.25) is 5.91 Å². The summed E-state index contributed by atoms with van der Waals surface area (Å²) in [5.74, 6) is -0.363. The van der Waals surface area contributed by atoms with Crippen molar-refractivity contribution in [3.05, 3.63) is 58.2 Å². The summed E-state index contributed by atoms with van der Waals surface area (Å²) in [7, 11) is 1.66. The number of likely N-dealkylation sites (N-methyl/N-ethyl adjacent to an activating group) is 1. The van der Waals surface area contributed by atoms with Crippen LogP contribution in [0, 0.1) is 20.8 Å². The van der Waals surface area contributed by atoms with Gasteiger partial charge in [0.15, 0.2) is 0 Å². The summed E-state index contributed by atoms with van der Waals surface area (Å²) in [6.45, 7) is 5.85. The van der Waals surface area contributed by atoms with Gasteiger partial charge in [0.1, 0.15) is 22.7 Å². The molecule has 0 spiro atoms. The lowest BCUT2D eigenvalue weighted by Crippen LogP contribution is -2.27. The zero-order chi connectivity index (χ0) is 19.0. The second-order valence-corrected chi connectivity index (χ2v) is 6.61. The van der Waals surface area contributed by atoms with Crippen LogP contribution in [0.15, 0.2) is 33.3 Å². The molecule has 0 fully saturated rings. The lowest BCUT2D eigenvalue weighted by atomic mass is 10.0. The highest BCUT2D eigenvalue weighted by molar-refractivity contribution is 5.89. The highest BCUT2D eigenvalue weighted by Gasteiger charge is 2.18. The molecular formula is C20H21NO5. The Hall–Kier alpha value is -3.02. The molecule has 0 unspecified atom stereocenters. The average Bonchev–Trinajstić information content (AvgIpc) is 3.12. The van der Waals surface area contributed by atoms with Gasteiger partial charge in [-0.25, -0.2) is 4.79 Å². The molecule has 1 amide bonds. The molecule has 0 saturated carbocycles. The number of carboxylic acid groups (broad SMARTS) is 1. The maximum absolute atomic E-state index is 12.6. The van der Waals surface area contributed by atoms with E-state index in [9.17, 15) is 9.59 Å². The number of hydrogen-bond donors (Lipinski definition) is 1. The number of aromatic carboxylic acids is 1. The van der Waals surface area contributed by atoms with Gasteiger partial charge in [-0.05, 0) is 50.1 Å². The minimum atomic E-state index is -1.04. The molecule has 0 radical (unpaired) electrons. The molecule has 0 saturated heterocycles. The van der Waals surface area contributed by atoms with Crippen LogP contribution in [0.1, 0.15) is 38.6 Å². The van der Waals surface area contributed by atoms with Gasteiger partial charge >= 0.3 is 5.97 Å². The predicted molar refractivity (Wildman–Crippen MR) is 96.3 cm³/mol. The number of benzene rings is 1. The second kappa shape index (κ2) is 6.71. The predicted octanol–water partition coefficient (Wildman–Crippen LogP) is 3.85. The first-order valence-corrected chi connectivity index (χ1v) is 8.30. The van der Waals surface area contributed by atoms with E-state index in [1.165, 1.54) is 11.0 Å². The van der Waals surface area contributed by atoms with E-state index >= 15 is 0 Å². The molecule has 3 aromatic rings. The maximum Gasteiger partial charge on any atom is 0.339 e. The van der Waals surface area contributed by atoms with Crippen LogP contribution in [-0.2, 0) is 17.8 Å². The number of nitrogens with zero attached hydrogens (tertiary/aromatic N) is 1. The molecule has 136 valence electrons. The van der Waals surface area contributed by atoms with E-state index in [0.29, 0.717) is 11.5 Å². The van der Waals surface area contributed by atoms with Crippen LogP contribution >= 0.6 is 0 Å². The third-order valence-electron chi connectivity index (χ3n) is 4.63. The van der Waals surface area contributed by atoms with E-state index < -0.39 is 5.97 Å². The number of rotatable bonds is 5. The van der Waals surface area contributed by atoms with Crippen molar-refractivity contribution in [1.29, 1.82) is 0 Å². The summed E-state index contributed by atoms with van der Waals surface area (Å²) in [5.41, 5.74) is 4.01. The van der Waals surface area contributed by atoms with Crippen LogP contribution in [0.4, 0.5) is 0 Å². The van der Waals surface area contributed by atoms with Crippen LogP contribution in [0.25, 0.3) is 11.0 Å². The number of fused-ring (bicyclic) bond motifs is 1. The van der Waals surface area contributed by atoms with E-state index in [1.807, 2.05) is 26.0 Å². The first kappa shape index (κ1) is 17.8.